The molecule has 0 bridgehead atoms. The lowest BCUT2D eigenvalue weighted by molar-refractivity contribution is -0.117. The van der Waals surface area contributed by atoms with Crippen LogP contribution in [0, 0.1) is 6.92 Å². The Balaban J connectivity index is 1.73. The van der Waals surface area contributed by atoms with Crippen LogP contribution in [-0.4, -0.2) is 41.9 Å². The molecule has 0 atom stereocenters. The number of ether oxygens (including phenoxy) is 1. The highest BCUT2D eigenvalue weighted by Crippen LogP contribution is 2.29. The number of aryl methyl sites for hydroxylation is 1. The van der Waals surface area contributed by atoms with Crippen molar-refractivity contribution in [2.24, 2.45) is 0 Å². The van der Waals surface area contributed by atoms with E-state index in [4.69, 9.17) is 9.84 Å². The Labute approximate surface area is 208 Å². The fourth-order valence-electron chi connectivity index (χ4n) is 3.39. The number of hydrogen-bond donors (Lipinski definition) is 2. The number of rotatable bonds is 9. The van der Waals surface area contributed by atoms with Gasteiger partial charge in [-0.1, -0.05) is 42.0 Å². The molecular weight excluding hydrogens is 460 g/mol. The summed E-state index contributed by atoms with van der Waals surface area (Å²) in [4.78, 5) is 27.0. The van der Waals surface area contributed by atoms with Gasteiger partial charge >= 0.3 is 0 Å². The first kappa shape index (κ1) is 24.1. The molecule has 178 valence electrons. The molecule has 8 heteroatoms. The zero-order valence-corrected chi connectivity index (χ0v) is 20.3. The number of benzene rings is 2. The second kappa shape index (κ2) is 11.4. The van der Waals surface area contributed by atoms with Gasteiger partial charge in [-0.25, -0.2) is 4.68 Å². The molecule has 2 amide bonds. The molecule has 0 saturated heterocycles. The first-order chi connectivity index (χ1) is 17.0. The van der Waals surface area contributed by atoms with E-state index < -0.39 is 5.91 Å². The van der Waals surface area contributed by atoms with Crippen LogP contribution in [0.15, 0.2) is 84.0 Å². The van der Waals surface area contributed by atoms with Crippen molar-refractivity contribution in [3.63, 3.8) is 0 Å². The van der Waals surface area contributed by atoms with Crippen molar-refractivity contribution in [2.75, 3.05) is 20.3 Å². The van der Waals surface area contributed by atoms with Crippen molar-refractivity contribution in [3.8, 4) is 16.3 Å². The highest BCUT2D eigenvalue weighted by Gasteiger charge is 2.18. The largest absolute Gasteiger partial charge is 0.383 e. The van der Waals surface area contributed by atoms with Crippen LogP contribution in [0.3, 0.4) is 0 Å². The number of methoxy groups -OCH3 is 1. The SMILES string of the molecule is COCCNC(=O)/C(=C/c1cn(-c2ccccc2)nc1-c1cccs1)NC(=O)c1ccc(C)cc1. The number of para-hydroxylation sites is 1. The van der Waals surface area contributed by atoms with Crippen LogP contribution in [0.4, 0.5) is 0 Å². The van der Waals surface area contributed by atoms with Crippen molar-refractivity contribution in [1.29, 1.82) is 0 Å². The molecule has 0 radical (unpaired) electrons. The average Bonchev–Trinajstić information content (AvgIpc) is 3.55. The minimum Gasteiger partial charge on any atom is -0.383 e. The van der Waals surface area contributed by atoms with Gasteiger partial charge in [0.1, 0.15) is 11.4 Å². The summed E-state index contributed by atoms with van der Waals surface area (Å²) in [5, 5.41) is 12.3. The van der Waals surface area contributed by atoms with E-state index >= 15 is 0 Å². The molecule has 0 spiro atoms. The molecule has 0 aliphatic carbocycles. The monoisotopic (exact) mass is 486 g/mol. The Kier molecular flexibility index (Phi) is 7.87. The van der Waals surface area contributed by atoms with Crippen molar-refractivity contribution in [1.82, 2.24) is 20.4 Å². The lowest BCUT2D eigenvalue weighted by Gasteiger charge is -2.11. The van der Waals surface area contributed by atoms with Crippen LogP contribution >= 0.6 is 11.3 Å². The maximum atomic E-state index is 13.0. The molecule has 4 aromatic rings. The predicted molar refractivity (Wildman–Crippen MR) is 138 cm³/mol. The van der Waals surface area contributed by atoms with Gasteiger partial charge in [0.25, 0.3) is 11.8 Å². The third kappa shape index (κ3) is 6.11. The Bertz CT molecular complexity index is 1310. The van der Waals surface area contributed by atoms with E-state index in [9.17, 15) is 9.59 Å². The fraction of sp³-hybridized carbons (Fsp3) is 0.148. The molecule has 2 N–H and O–H groups in total. The molecule has 0 saturated carbocycles. The number of nitrogens with one attached hydrogen (secondary N) is 2. The molecule has 2 aromatic carbocycles. The van der Waals surface area contributed by atoms with E-state index in [0.717, 1.165) is 21.8 Å². The average molecular weight is 487 g/mol. The fourth-order valence-corrected chi connectivity index (χ4v) is 4.12. The van der Waals surface area contributed by atoms with Gasteiger partial charge in [0, 0.05) is 31.0 Å². The molecule has 2 aromatic heterocycles. The van der Waals surface area contributed by atoms with Crippen molar-refractivity contribution in [3.05, 3.63) is 101 Å². The Hall–Kier alpha value is -4.01. The zero-order chi connectivity index (χ0) is 24.6. The molecule has 4 rings (SSSR count). The van der Waals surface area contributed by atoms with Gasteiger partial charge in [-0.3, -0.25) is 9.59 Å². The maximum Gasteiger partial charge on any atom is 0.267 e. The lowest BCUT2D eigenvalue weighted by atomic mass is 10.1. The standard InChI is InChI=1S/C27H26N4O3S/c1-19-10-12-20(13-11-19)26(32)29-23(27(33)28-14-15-34-2)17-21-18-31(22-7-4-3-5-8-22)30-25(21)24-9-6-16-35-24/h3-13,16-18H,14-15H2,1-2H3,(H,28,33)(H,29,32)/b23-17-. The Morgan fingerprint density at radius 2 is 1.83 bits per heavy atom. The smallest absolute Gasteiger partial charge is 0.267 e. The summed E-state index contributed by atoms with van der Waals surface area (Å²) in [7, 11) is 1.56. The van der Waals surface area contributed by atoms with E-state index in [2.05, 4.69) is 10.6 Å². The zero-order valence-electron chi connectivity index (χ0n) is 19.5. The first-order valence-corrected chi connectivity index (χ1v) is 12.0. The molecule has 0 unspecified atom stereocenters. The van der Waals surface area contributed by atoms with E-state index in [1.54, 1.807) is 41.3 Å². The van der Waals surface area contributed by atoms with Crippen LogP contribution in [0.5, 0.6) is 0 Å². The van der Waals surface area contributed by atoms with Gasteiger partial charge in [-0.15, -0.1) is 11.3 Å². The van der Waals surface area contributed by atoms with Crippen molar-refractivity contribution in [2.45, 2.75) is 6.92 Å². The maximum absolute atomic E-state index is 13.0. The van der Waals surface area contributed by atoms with Crippen LogP contribution in [0.2, 0.25) is 0 Å². The molecule has 0 aliphatic heterocycles. The molecule has 0 aliphatic rings. The van der Waals surface area contributed by atoms with Gasteiger partial charge in [-0.2, -0.15) is 5.10 Å². The predicted octanol–water partition coefficient (Wildman–Crippen LogP) is 4.44. The quantitative estimate of drug-likeness (QED) is 0.271. The van der Waals surface area contributed by atoms with Crippen molar-refractivity contribution < 1.29 is 14.3 Å². The Morgan fingerprint density at radius 3 is 2.51 bits per heavy atom. The highest BCUT2D eigenvalue weighted by atomic mass is 32.1. The van der Waals surface area contributed by atoms with Gasteiger partial charge in [-0.05, 0) is 48.7 Å². The summed E-state index contributed by atoms with van der Waals surface area (Å²) in [6.07, 6.45) is 3.51. The number of aromatic nitrogens is 2. The van der Waals surface area contributed by atoms with E-state index in [0.29, 0.717) is 24.3 Å². The number of nitrogens with zero attached hydrogens (tertiary/aromatic N) is 2. The third-order valence-corrected chi connectivity index (χ3v) is 6.09. The summed E-state index contributed by atoms with van der Waals surface area (Å²) in [5.41, 5.74) is 3.94. The highest BCUT2D eigenvalue weighted by molar-refractivity contribution is 7.13. The number of carbonyl (C=O) groups is 2. The second-order valence-corrected chi connectivity index (χ2v) is 8.77. The molecule has 2 heterocycles. The number of carbonyl (C=O) groups excluding carboxylic acids is 2. The van der Waals surface area contributed by atoms with Gasteiger partial charge in [0.2, 0.25) is 0 Å². The minimum absolute atomic E-state index is 0.122. The van der Waals surface area contributed by atoms with Gasteiger partial charge in [0.05, 0.1) is 17.2 Å². The van der Waals surface area contributed by atoms with E-state index in [-0.39, 0.29) is 11.6 Å². The van der Waals surface area contributed by atoms with Crippen LogP contribution in [0.25, 0.3) is 22.3 Å². The summed E-state index contributed by atoms with van der Waals surface area (Å²) in [6.45, 7) is 2.62. The topological polar surface area (TPSA) is 85.2 Å². The number of thiophene rings is 1. The van der Waals surface area contributed by atoms with Gasteiger partial charge < -0.3 is 15.4 Å². The van der Waals surface area contributed by atoms with Crippen LogP contribution in [-0.2, 0) is 9.53 Å². The molecule has 35 heavy (non-hydrogen) atoms. The van der Waals surface area contributed by atoms with Crippen molar-refractivity contribution >= 4 is 29.2 Å². The summed E-state index contributed by atoms with van der Waals surface area (Å²) in [6, 6.07) is 20.8. The summed E-state index contributed by atoms with van der Waals surface area (Å²) < 4.78 is 6.81. The summed E-state index contributed by atoms with van der Waals surface area (Å²) in [5.74, 6) is -0.779. The summed E-state index contributed by atoms with van der Waals surface area (Å²) >= 11 is 1.55. The van der Waals surface area contributed by atoms with E-state index in [1.807, 2.05) is 73.1 Å². The molecule has 7 nitrogen and oxygen atoms in total. The number of hydrogen-bond acceptors (Lipinski definition) is 5. The second-order valence-electron chi connectivity index (χ2n) is 7.82. The Morgan fingerprint density at radius 1 is 1.06 bits per heavy atom. The van der Waals surface area contributed by atoms with E-state index in [1.165, 1.54) is 0 Å². The van der Waals surface area contributed by atoms with Crippen LogP contribution in [0.1, 0.15) is 21.5 Å². The normalized spacial score (nSPS) is 11.3. The van der Waals surface area contributed by atoms with Crippen LogP contribution < -0.4 is 10.6 Å². The molecular formula is C27H26N4O3S. The number of amides is 2. The minimum atomic E-state index is -0.410. The lowest BCUT2D eigenvalue weighted by Crippen LogP contribution is -2.36. The van der Waals surface area contributed by atoms with Gasteiger partial charge in [0.15, 0.2) is 0 Å². The third-order valence-electron chi connectivity index (χ3n) is 5.22. The molecule has 0 fully saturated rings. The first-order valence-electron chi connectivity index (χ1n) is 11.1.